The quantitative estimate of drug-likeness (QED) is 0.729. The Kier molecular flexibility index (Phi) is 6.95. The van der Waals surface area contributed by atoms with Crippen molar-refractivity contribution in [3.8, 4) is 0 Å². The van der Waals surface area contributed by atoms with Gasteiger partial charge in [0.1, 0.15) is 5.60 Å². The molecule has 0 bridgehead atoms. The first-order valence-corrected chi connectivity index (χ1v) is 7.57. The van der Waals surface area contributed by atoms with Gasteiger partial charge in [-0.1, -0.05) is 0 Å². The minimum Gasteiger partial charge on any atom is -0.466 e. The van der Waals surface area contributed by atoms with Crippen LogP contribution in [0.15, 0.2) is 0 Å². The predicted octanol–water partition coefficient (Wildman–Crippen LogP) is 2.36. The highest BCUT2D eigenvalue weighted by atomic mass is 16.6. The van der Waals surface area contributed by atoms with Crippen LogP contribution in [0.5, 0.6) is 0 Å². The van der Waals surface area contributed by atoms with Gasteiger partial charge >= 0.3 is 12.1 Å². The molecule has 0 aromatic carbocycles. The second kappa shape index (κ2) is 8.22. The lowest BCUT2D eigenvalue weighted by atomic mass is 10.1. The lowest BCUT2D eigenvalue weighted by molar-refractivity contribution is -0.143. The average Bonchev–Trinajstić information content (AvgIpc) is 2.37. The topological polar surface area (TPSA) is 65.1 Å². The summed E-state index contributed by atoms with van der Waals surface area (Å²) in [4.78, 5) is 24.9. The number of carbonyl (C=O) groups excluding carboxylic acids is 2. The maximum atomic E-state index is 12.0. The number of hydrogen-bond donors (Lipinski definition) is 0. The molecule has 0 radical (unpaired) electrons. The van der Waals surface area contributed by atoms with Crippen molar-refractivity contribution in [1.82, 2.24) is 4.90 Å². The lowest BCUT2D eigenvalue weighted by Crippen LogP contribution is -2.47. The summed E-state index contributed by atoms with van der Waals surface area (Å²) in [5.74, 6) is -0.183. The second-order valence-electron chi connectivity index (χ2n) is 6.12. The Bertz CT molecular complexity index is 350. The summed E-state index contributed by atoms with van der Waals surface area (Å²) >= 11 is 0. The van der Waals surface area contributed by atoms with Crippen molar-refractivity contribution in [2.24, 2.45) is 0 Å². The van der Waals surface area contributed by atoms with Crippen molar-refractivity contribution in [3.63, 3.8) is 0 Å². The molecular weight excluding hydrogens is 274 g/mol. The van der Waals surface area contributed by atoms with E-state index in [0.29, 0.717) is 39.1 Å². The largest absolute Gasteiger partial charge is 0.466 e. The van der Waals surface area contributed by atoms with Crippen LogP contribution in [0.4, 0.5) is 4.79 Å². The van der Waals surface area contributed by atoms with Crippen LogP contribution in [-0.4, -0.2) is 55.0 Å². The number of hydrogen-bond acceptors (Lipinski definition) is 5. The third kappa shape index (κ3) is 7.32. The highest BCUT2D eigenvalue weighted by Gasteiger charge is 2.27. The van der Waals surface area contributed by atoms with E-state index in [4.69, 9.17) is 14.2 Å². The summed E-state index contributed by atoms with van der Waals surface area (Å²) in [6.07, 6.45) is 1.48. The normalized spacial score (nSPS) is 19.2. The molecule has 0 aliphatic carbocycles. The van der Waals surface area contributed by atoms with E-state index in [1.165, 1.54) is 0 Å². The minimum absolute atomic E-state index is 0.0410. The van der Waals surface area contributed by atoms with Gasteiger partial charge in [0, 0.05) is 13.0 Å². The molecule has 1 heterocycles. The summed E-state index contributed by atoms with van der Waals surface area (Å²) < 4.78 is 15.9. The molecule has 1 amide bonds. The maximum absolute atomic E-state index is 12.0. The predicted molar refractivity (Wildman–Crippen MR) is 78.0 cm³/mol. The van der Waals surface area contributed by atoms with Gasteiger partial charge in [-0.15, -0.1) is 0 Å². The molecule has 0 N–H and O–H groups in total. The number of rotatable bonds is 5. The fourth-order valence-electron chi connectivity index (χ4n) is 2.09. The van der Waals surface area contributed by atoms with E-state index in [1.54, 1.807) is 11.8 Å². The van der Waals surface area contributed by atoms with Crippen LogP contribution < -0.4 is 0 Å². The van der Waals surface area contributed by atoms with Crippen LogP contribution in [0.2, 0.25) is 0 Å². The Balaban J connectivity index is 2.32. The molecule has 1 aliphatic heterocycles. The zero-order valence-electron chi connectivity index (χ0n) is 13.5. The number of morpholine rings is 1. The number of nitrogens with zero attached hydrogens (tertiary/aromatic N) is 1. The molecule has 21 heavy (non-hydrogen) atoms. The Hall–Kier alpha value is -1.30. The van der Waals surface area contributed by atoms with Gasteiger partial charge in [-0.3, -0.25) is 4.79 Å². The van der Waals surface area contributed by atoms with Crippen molar-refractivity contribution < 1.29 is 23.8 Å². The number of ether oxygens (including phenoxy) is 3. The van der Waals surface area contributed by atoms with Crippen molar-refractivity contribution in [1.29, 1.82) is 0 Å². The van der Waals surface area contributed by atoms with Crippen LogP contribution >= 0.6 is 0 Å². The Morgan fingerprint density at radius 3 is 2.67 bits per heavy atom. The second-order valence-corrected chi connectivity index (χ2v) is 6.12. The molecule has 1 atom stereocenters. The molecule has 6 heteroatoms. The van der Waals surface area contributed by atoms with Crippen LogP contribution in [0.3, 0.4) is 0 Å². The Labute approximate surface area is 126 Å². The molecule has 6 nitrogen and oxygen atoms in total. The molecule has 1 unspecified atom stereocenters. The van der Waals surface area contributed by atoms with E-state index in [2.05, 4.69) is 0 Å². The molecule has 0 aromatic heterocycles. The Morgan fingerprint density at radius 1 is 1.33 bits per heavy atom. The fourth-order valence-corrected chi connectivity index (χ4v) is 2.09. The van der Waals surface area contributed by atoms with E-state index in [9.17, 15) is 9.59 Å². The highest BCUT2D eigenvalue weighted by Crippen LogP contribution is 2.16. The van der Waals surface area contributed by atoms with E-state index in [0.717, 1.165) is 6.42 Å². The van der Waals surface area contributed by atoms with Gasteiger partial charge in [0.25, 0.3) is 0 Å². The van der Waals surface area contributed by atoms with Crippen LogP contribution in [-0.2, 0) is 19.0 Å². The first-order valence-electron chi connectivity index (χ1n) is 7.57. The van der Waals surface area contributed by atoms with E-state index in [1.807, 2.05) is 20.8 Å². The zero-order chi connectivity index (χ0) is 15.9. The molecule has 1 rings (SSSR count). The molecule has 1 fully saturated rings. The number of amides is 1. The van der Waals surface area contributed by atoms with Gasteiger partial charge < -0.3 is 19.1 Å². The van der Waals surface area contributed by atoms with Crippen molar-refractivity contribution in [2.75, 3.05) is 26.3 Å². The molecule has 122 valence electrons. The zero-order valence-corrected chi connectivity index (χ0v) is 13.5. The molecule has 0 aromatic rings. The van der Waals surface area contributed by atoms with E-state index < -0.39 is 5.60 Å². The fraction of sp³-hybridized carbons (Fsp3) is 0.867. The summed E-state index contributed by atoms with van der Waals surface area (Å²) in [6, 6.07) is 0. The van der Waals surface area contributed by atoms with Gasteiger partial charge in [-0.25, -0.2) is 4.79 Å². The monoisotopic (exact) mass is 301 g/mol. The standard InChI is InChI=1S/C15H27NO5/c1-5-19-13(17)8-6-7-12-11-16(9-10-20-12)14(18)21-15(2,3)4/h12H,5-11H2,1-4H3. The molecule has 1 aliphatic rings. The first kappa shape index (κ1) is 17.8. The van der Waals surface area contributed by atoms with Crippen molar-refractivity contribution in [2.45, 2.75) is 58.7 Å². The minimum atomic E-state index is -0.491. The van der Waals surface area contributed by atoms with E-state index in [-0.39, 0.29) is 18.2 Å². The summed E-state index contributed by atoms with van der Waals surface area (Å²) in [5.41, 5.74) is -0.491. The van der Waals surface area contributed by atoms with Gasteiger partial charge in [-0.05, 0) is 40.5 Å². The third-order valence-electron chi connectivity index (χ3n) is 3.00. The molecule has 1 saturated heterocycles. The molecular formula is C15H27NO5. The summed E-state index contributed by atoms with van der Waals surface area (Å²) in [5, 5.41) is 0. The van der Waals surface area contributed by atoms with Gasteiger partial charge in [0.2, 0.25) is 0 Å². The van der Waals surface area contributed by atoms with Crippen molar-refractivity contribution in [3.05, 3.63) is 0 Å². The lowest BCUT2D eigenvalue weighted by Gasteiger charge is -2.34. The average molecular weight is 301 g/mol. The smallest absolute Gasteiger partial charge is 0.410 e. The first-order chi connectivity index (χ1) is 9.81. The number of carbonyl (C=O) groups is 2. The van der Waals surface area contributed by atoms with Crippen molar-refractivity contribution >= 4 is 12.1 Å². The number of esters is 1. The van der Waals surface area contributed by atoms with Gasteiger partial charge in [0.05, 0.1) is 25.9 Å². The molecule has 0 spiro atoms. The third-order valence-corrected chi connectivity index (χ3v) is 3.00. The van der Waals surface area contributed by atoms with Crippen LogP contribution in [0, 0.1) is 0 Å². The highest BCUT2D eigenvalue weighted by molar-refractivity contribution is 5.69. The van der Waals surface area contributed by atoms with E-state index >= 15 is 0 Å². The summed E-state index contributed by atoms with van der Waals surface area (Å²) in [7, 11) is 0. The van der Waals surface area contributed by atoms with Gasteiger partial charge in [-0.2, -0.15) is 0 Å². The SMILES string of the molecule is CCOC(=O)CCCC1CN(C(=O)OC(C)(C)C)CCO1. The Morgan fingerprint density at radius 2 is 2.05 bits per heavy atom. The van der Waals surface area contributed by atoms with Gasteiger partial charge in [0.15, 0.2) is 0 Å². The summed E-state index contributed by atoms with van der Waals surface area (Å²) in [6.45, 7) is 9.31. The maximum Gasteiger partial charge on any atom is 0.410 e. The molecule has 0 saturated carbocycles. The van der Waals surface area contributed by atoms with Crippen LogP contribution in [0.1, 0.15) is 47.0 Å². The van der Waals surface area contributed by atoms with Crippen LogP contribution in [0.25, 0.3) is 0 Å².